The van der Waals surface area contributed by atoms with Crippen LogP contribution in [-0.4, -0.2) is 14.2 Å². The number of ether oxygens (including phenoxy) is 2. The van der Waals surface area contributed by atoms with Gasteiger partial charge in [-0.05, 0) is 54.8 Å². The molecule has 4 heteroatoms. The Morgan fingerprint density at radius 1 is 1.13 bits per heavy atom. The average Bonchev–Trinajstić information content (AvgIpc) is 2.59. The van der Waals surface area contributed by atoms with Crippen molar-refractivity contribution in [3.05, 3.63) is 58.7 Å². The molecule has 0 radical (unpaired) electrons. The molecule has 0 saturated carbocycles. The van der Waals surface area contributed by atoms with Crippen molar-refractivity contribution in [2.24, 2.45) is 0 Å². The molecule has 1 atom stereocenters. The fourth-order valence-corrected chi connectivity index (χ4v) is 2.59. The molecule has 0 aliphatic carbocycles. The van der Waals surface area contributed by atoms with Gasteiger partial charge in [-0.2, -0.15) is 5.26 Å². The van der Waals surface area contributed by atoms with Crippen molar-refractivity contribution in [3.63, 3.8) is 0 Å². The SMILES string of the molecule is COc1cc(C)c(C(C)NCc2cccc(C#N)c2)cc1OC. The van der Waals surface area contributed by atoms with Gasteiger partial charge in [-0.3, -0.25) is 0 Å². The van der Waals surface area contributed by atoms with Gasteiger partial charge in [0.2, 0.25) is 0 Å². The molecule has 4 nitrogen and oxygen atoms in total. The molecule has 0 saturated heterocycles. The molecule has 1 unspecified atom stereocenters. The number of hydrogen-bond donors (Lipinski definition) is 1. The summed E-state index contributed by atoms with van der Waals surface area (Å²) < 4.78 is 10.7. The van der Waals surface area contributed by atoms with E-state index >= 15 is 0 Å². The molecule has 0 bridgehead atoms. The Labute approximate surface area is 137 Å². The summed E-state index contributed by atoms with van der Waals surface area (Å²) >= 11 is 0. The number of nitriles is 1. The lowest BCUT2D eigenvalue weighted by atomic mass is 10.0. The van der Waals surface area contributed by atoms with Gasteiger partial charge < -0.3 is 14.8 Å². The molecule has 0 aliphatic rings. The van der Waals surface area contributed by atoms with E-state index in [1.54, 1.807) is 14.2 Å². The second kappa shape index (κ2) is 7.66. The van der Waals surface area contributed by atoms with Gasteiger partial charge in [-0.25, -0.2) is 0 Å². The van der Waals surface area contributed by atoms with Crippen molar-refractivity contribution >= 4 is 0 Å². The molecule has 0 amide bonds. The summed E-state index contributed by atoms with van der Waals surface area (Å²) in [5.41, 5.74) is 4.08. The van der Waals surface area contributed by atoms with Crippen LogP contribution in [0.25, 0.3) is 0 Å². The van der Waals surface area contributed by atoms with Gasteiger partial charge in [0.25, 0.3) is 0 Å². The quantitative estimate of drug-likeness (QED) is 0.883. The topological polar surface area (TPSA) is 54.3 Å². The summed E-state index contributed by atoms with van der Waals surface area (Å²) in [6, 6.07) is 14.0. The highest BCUT2D eigenvalue weighted by Crippen LogP contribution is 2.32. The molecule has 0 fully saturated rings. The van der Waals surface area contributed by atoms with E-state index in [9.17, 15) is 0 Å². The van der Waals surface area contributed by atoms with Crippen molar-refractivity contribution in [1.29, 1.82) is 5.26 Å². The zero-order valence-electron chi connectivity index (χ0n) is 14.0. The third kappa shape index (κ3) is 4.02. The molecular formula is C19H22N2O2. The number of aryl methyl sites for hydroxylation is 1. The highest BCUT2D eigenvalue weighted by molar-refractivity contribution is 5.48. The Balaban J connectivity index is 2.14. The lowest BCUT2D eigenvalue weighted by Gasteiger charge is -2.19. The molecule has 1 N–H and O–H groups in total. The number of benzene rings is 2. The number of rotatable bonds is 6. The first-order valence-corrected chi connectivity index (χ1v) is 7.54. The van der Waals surface area contributed by atoms with E-state index in [0.29, 0.717) is 12.1 Å². The highest BCUT2D eigenvalue weighted by atomic mass is 16.5. The van der Waals surface area contributed by atoms with Crippen molar-refractivity contribution in [2.75, 3.05) is 14.2 Å². The van der Waals surface area contributed by atoms with E-state index in [1.807, 2.05) is 36.4 Å². The minimum absolute atomic E-state index is 0.153. The lowest BCUT2D eigenvalue weighted by molar-refractivity contribution is 0.353. The van der Waals surface area contributed by atoms with E-state index < -0.39 is 0 Å². The van der Waals surface area contributed by atoms with Crippen LogP contribution < -0.4 is 14.8 Å². The van der Waals surface area contributed by atoms with E-state index in [2.05, 4.69) is 25.2 Å². The Morgan fingerprint density at radius 2 is 1.83 bits per heavy atom. The van der Waals surface area contributed by atoms with Gasteiger partial charge in [0, 0.05) is 12.6 Å². The van der Waals surface area contributed by atoms with Gasteiger partial charge >= 0.3 is 0 Å². The predicted octanol–water partition coefficient (Wildman–Crippen LogP) is 3.73. The molecule has 2 rings (SSSR count). The van der Waals surface area contributed by atoms with E-state index in [1.165, 1.54) is 5.56 Å². The summed E-state index contributed by atoms with van der Waals surface area (Å²) in [4.78, 5) is 0. The molecule has 0 spiro atoms. The maximum atomic E-state index is 8.96. The number of nitrogens with one attached hydrogen (secondary N) is 1. The largest absolute Gasteiger partial charge is 0.493 e. The van der Waals surface area contributed by atoms with Crippen LogP contribution in [0.4, 0.5) is 0 Å². The molecule has 2 aromatic carbocycles. The van der Waals surface area contributed by atoms with Crippen LogP contribution in [0.3, 0.4) is 0 Å². The molecule has 120 valence electrons. The minimum atomic E-state index is 0.153. The Hall–Kier alpha value is -2.51. The Kier molecular flexibility index (Phi) is 5.61. The molecule has 23 heavy (non-hydrogen) atoms. The van der Waals surface area contributed by atoms with Gasteiger partial charge in [0.1, 0.15) is 0 Å². The number of methoxy groups -OCH3 is 2. The third-order valence-corrected chi connectivity index (χ3v) is 3.91. The monoisotopic (exact) mass is 310 g/mol. The van der Waals surface area contributed by atoms with Crippen LogP contribution in [-0.2, 0) is 6.54 Å². The zero-order valence-corrected chi connectivity index (χ0v) is 14.0. The Bertz CT molecular complexity index is 720. The minimum Gasteiger partial charge on any atom is -0.493 e. The summed E-state index contributed by atoms with van der Waals surface area (Å²) in [7, 11) is 3.28. The first kappa shape index (κ1) is 16.9. The average molecular weight is 310 g/mol. The van der Waals surface area contributed by atoms with Gasteiger partial charge in [-0.15, -0.1) is 0 Å². The fraction of sp³-hybridized carbons (Fsp3) is 0.316. The van der Waals surface area contributed by atoms with E-state index in [4.69, 9.17) is 14.7 Å². The fourth-order valence-electron chi connectivity index (χ4n) is 2.59. The van der Waals surface area contributed by atoms with Crippen LogP contribution in [0.5, 0.6) is 11.5 Å². The predicted molar refractivity (Wildman–Crippen MR) is 90.7 cm³/mol. The first-order chi connectivity index (χ1) is 11.1. The molecule has 2 aromatic rings. The van der Waals surface area contributed by atoms with Crippen LogP contribution in [0.1, 0.15) is 35.2 Å². The summed E-state index contributed by atoms with van der Waals surface area (Å²) in [6.45, 7) is 4.87. The second-order valence-electron chi connectivity index (χ2n) is 5.48. The normalized spacial score (nSPS) is 11.6. The van der Waals surface area contributed by atoms with Crippen molar-refractivity contribution in [2.45, 2.75) is 26.4 Å². The van der Waals surface area contributed by atoms with Crippen molar-refractivity contribution < 1.29 is 9.47 Å². The smallest absolute Gasteiger partial charge is 0.161 e. The standard InChI is InChI=1S/C19H22N2O2/c1-13-8-18(22-3)19(23-4)10-17(13)14(2)21-12-16-7-5-6-15(9-16)11-20/h5-10,14,21H,12H2,1-4H3. The van der Waals surface area contributed by atoms with E-state index in [0.717, 1.165) is 22.6 Å². The summed E-state index contributed by atoms with van der Waals surface area (Å²) in [6.07, 6.45) is 0. The van der Waals surface area contributed by atoms with E-state index in [-0.39, 0.29) is 6.04 Å². The van der Waals surface area contributed by atoms with Crippen molar-refractivity contribution in [3.8, 4) is 17.6 Å². The van der Waals surface area contributed by atoms with Crippen molar-refractivity contribution in [1.82, 2.24) is 5.32 Å². The maximum absolute atomic E-state index is 8.96. The maximum Gasteiger partial charge on any atom is 0.161 e. The molecule has 0 aliphatic heterocycles. The number of nitrogens with zero attached hydrogens (tertiary/aromatic N) is 1. The van der Waals surface area contributed by atoms with Gasteiger partial charge in [-0.1, -0.05) is 12.1 Å². The second-order valence-corrected chi connectivity index (χ2v) is 5.48. The highest BCUT2D eigenvalue weighted by Gasteiger charge is 2.13. The molecular weight excluding hydrogens is 288 g/mol. The molecule has 0 aromatic heterocycles. The number of hydrogen-bond acceptors (Lipinski definition) is 4. The lowest BCUT2D eigenvalue weighted by Crippen LogP contribution is -2.19. The summed E-state index contributed by atoms with van der Waals surface area (Å²) in [5.74, 6) is 1.47. The van der Waals surface area contributed by atoms with Gasteiger partial charge in [0.05, 0.1) is 25.9 Å². The molecule has 0 heterocycles. The third-order valence-electron chi connectivity index (χ3n) is 3.91. The zero-order chi connectivity index (χ0) is 16.8. The van der Waals surface area contributed by atoms with Crippen LogP contribution in [0.2, 0.25) is 0 Å². The van der Waals surface area contributed by atoms with Crippen LogP contribution in [0, 0.1) is 18.3 Å². The van der Waals surface area contributed by atoms with Gasteiger partial charge in [0.15, 0.2) is 11.5 Å². The Morgan fingerprint density at radius 3 is 2.48 bits per heavy atom. The van der Waals surface area contributed by atoms with Crippen LogP contribution in [0.15, 0.2) is 36.4 Å². The first-order valence-electron chi connectivity index (χ1n) is 7.54. The summed E-state index contributed by atoms with van der Waals surface area (Å²) in [5, 5.41) is 12.5. The van der Waals surface area contributed by atoms with Crippen LogP contribution >= 0.6 is 0 Å².